The smallest absolute Gasteiger partial charge is 0.244 e. The van der Waals surface area contributed by atoms with Crippen LogP contribution >= 0.6 is 34.5 Å². The number of thiazole rings is 1. The first-order valence-electron chi connectivity index (χ1n) is 7.84. The number of nitrogens with zero attached hydrogens (tertiary/aromatic N) is 3. The number of anilines is 1. The number of hydrogen-bond acceptors (Lipinski definition) is 6. The van der Waals surface area contributed by atoms with E-state index in [1.165, 1.54) is 42.9 Å². The Kier molecular flexibility index (Phi) is 6.31. The molecule has 0 spiro atoms. The molecule has 7 nitrogen and oxygen atoms in total. The monoisotopic (exact) mass is 456 g/mol. The van der Waals surface area contributed by atoms with Crippen LogP contribution in [0.15, 0.2) is 53.0 Å². The molecule has 0 aliphatic heterocycles. The van der Waals surface area contributed by atoms with Crippen LogP contribution in [0.25, 0.3) is 11.3 Å². The molecule has 0 fully saturated rings. The van der Waals surface area contributed by atoms with Crippen LogP contribution in [0.4, 0.5) is 5.13 Å². The molecule has 11 heteroatoms. The molecular weight excluding hydrogens is 443 g/mol. The number of pyridine rings is 1. The van der Waals surface area contributed by atoms with Crippen molar-refractivity contribution in [3.63, 3.8) is 0 Å². The van der Waals surface area contributed by atoms with Gasteiger partial charge in [-0.3, -0.25) is 9.78 Å². The number of sulfonamides is 1. The minimum absolute atomic E-state index is 0.0132. The number of amides is 1. The normalized spacial score (nSPS) is 11.6. The summed E-state index contributed by atoms with van der Waals surface area (Å²) in [5.41, 5.74) is 1.26. The van der Waals surface area contributed by atoms with Crippen LogP contribution in [0.1, 0.15) is 0 Å². The van der Waals surface area contributed by atoms with Crippen LogP contribution in [-0.4, -0.2) is 42.2 Å². The van der Waals surface area contributed by atoms with Gasteiger partial charge in [0, 0.05) is 35.4 Å². The zero-order valence-corrected chi connectivity index (χ0v) is 17.6. The summed E-state index contributed by atoms with van der Waals surface area (Å²) in [5.74, 6) is -0.516. The third kappa shape index (κ3) is 4.68. The van der Waals surface area contributed by atoms with E-state index in [-0.39, 0.29) is 11.4 Å². The first kappa shape index (κ1) is 20.7. The van der Waals surface area contributed by atoms with Crippen LogP contribution in [0.3, 0.4) is 0 Å². The van der Waals surface area contributed by atoms with Crippen molar-refractivity contribution in [1.82, 2.24) is 14.3 Å². The van der Waals surface area contributed by atoms with E-state index in [9.17, 15) is 13.2 Å². The van der Waals surface area contributed by atoms with Gasteiger partial charge in [-0.25, -0.2) is 13.4 Å². The van der Waals surface area contributed by atoms with Gasteiger partial charge >= 0.3 is 0 Å². The van der Waals surface area contributed by atoms with Gasteiger partial charge in [-0.2, -0.15) is 4.31 Å². The van der Waals surface area contributed by atoms with E-state index in [1.54, 1.807) is 23.6 Å². The van der Waals surface area contributed by atoms with E-state index in [2.05, 4.69) is 15.3 Å². The highest BCUT2D eigenvalue weighted by Crippen LogP contribution is 2.32. The summed E-state index contributed by atoms with van der Waals surface area (Å²) in [4.78, 5) is 20.4. The maximum Gasteiger partial charge on any atom is 0.244 e. The molecule has 2 aromatic heterocycles. The number of aromatic nitrogens is 2. The summed E-state index contributed by atoms with van der Waals surface area (Å²) >= 11 is 13.3. The van der Waals surface area contributed by atoms with Crippen LogP contribution in [-0.2, 0) is 14.8 Å². The van der Waals surface area contributed by atoms with Gasteiger partial charge in [0.15, 0.2) is 5.13 Å². The molecule has 1 aromatic carbocycles. The fraction of sp³-hybridized carbons (Fsp3) is 0.118. The summed E-state index contributed by atoms with van der Waals surface area (Å²) < 4.78 is 25.8. The molecule has 0 saturated heterocycles. The first-order valence-corrected chi connectivity index (χ1v) is 10.9. The number of halogens is 2. The van der Waals surface area contributed by atoms with E-state index in [0.717, 1.165) is 4.31 Å². The number of carbonyl (C=O) groups is 1. The molecule has 3 aromatic rings. The predicted molar refractivity (Wildman–Crippen MR) is 110 cm³/mol. The van der Waals surface area contributed by atoms with E-state index in [1.807, 2.05) is 0 Å². The van der Waals surface area contributed by atoms with Gasteiger partial charge in [0.25, 0.3) is 0 Å². The van der Waals surface area contributed by atoms with Crippen molar-refractivity contribution < 1.29 is 13.2 Å². The number of hydrogen-bond donors (Lipinski definition) is 1. The molecule has 0 radical (unpaired) electrons. The summed E-state index contributed by atoms with van der Waals surface area (Å²) in [6.45, 7) is -0.367. The Morgan fingerprint density at radius 2 is 2.07 bits per heavy atom. The second-order valence-electron chi connectivity index (χ2n) is 5.66. The average molecular weight is 457 g/mol. The second-order valence-corrected chi connectivity index (χ2v) is 9.41. The summed E-state index contributed by atoms with van der Waals surface area (Å²) in [6, 6.07) is 7.96. The maximum atomic E-state index is 12.4. The molecule has 0 aliphatic rings. The molecule has 2 heterocycles. The minimum Gasteiger partial charge on any atom is -0.301 e. The Balaban J connectivity index is 1.68. The molecule has 146 valence electrons. The molecule has 0 unspecified atom stereocenters. The Labute approximate surface area is 176 Å². The molecule has 0 saturated carbocycles. The van der Waals surface area contributed by atoms with Crippen molar-refractivity contribution in [3.05, 3.63) is 58.2 Å². The Morgan fingerprint density at radius 3 is 2.75 bits per heavy atom. The van der Waals surface area contributed by atoms with Crippen LogP contribution < -0.4 is 5.32 Å². The van der Waals surface area contributed by atoms with Crippen molar-refractivity contribution in [2.24, 2.45) is 0 Å². The van der Waals surface area contributed by atoms with Crippen LogP contribution in [0.2, 0.25) is 10.0 Å². The highest BCUT2D eigenvalue weighted by atomic mass is 35.5. The van der Waals surface area contributed by atoms with Crippen molar-refractivity contribution in [2.75, 3.05) is 18.9 Å². The van der Waals surface area contributed by atoms with E-state index >= 15 is 0 Å². The van der Waals surface area contributed by atoms with E-state index in [0.29, 0.717) is 26.4 Å². The molecular formula is C17H14Cl2N4O3S2. The Hall–Kier alpha value is -2.04. The van der Waals surface area contributed by atoms with Crippen molar-refractivity contribution in [3.8, 4) is 11.3 Å². The van der Waals surface area contributed by atoms with Gasteiger partial charge in [-0.05, 0) is 30.3 Å². The third-order valence-corrected chi connectivity index (χ3v) is 6.76. The van der Waals surface area contributed by atoms with Crippen LogP contribution in [0.5, 0.6) is 0 Å². The number of nitrogens with one attached hydrogen (secondary N) is 1. The number of carbonyl (C=O) groups excluding carboxylic acids is 1. The van der Waals surface area contributed by atoms with E-state index in [4.69, 9.17) is 23.2 Å². The maximum absolute atomic E-state index is 12.4. The molecule has 1 N–H and O–H groups in total. The summed E-state index contributed by atoms with van der Waals surface area (Å²) in [6.07, 6.45) is 2.70. The fourth-order valence-electron chi connectivity index (χ4n) is 2.28. The fourth-order valence-corrected chi connectivity index (χ4v) is 4.60. The standard InChI is InChI=1S/C17H14Cl2N4O3S2/c1-23(28(25,26)12-3-2-6-20-8-12)9-16(24)22-17-21-15(10-27-17)13-5-4-11(18)7-14(13)19/h2-8,10H,9H2,1H3,(H,21,22,24). The molecule has 3 rings (SSSR count). The lowest BCUT2D eigenvalue weighted by Gasteiger charge is -2.16. The van der Waals surface area contributed by atoms with Crippen molar-refractivity contribution in [1.29, 1.82) is 0 Å². The summed E-state index contributed by atoms with van der Waals surface area (Å²) in [5, 5.41) is 5.62. The average Bonchev–Trinajstić information content (AvgIpc) is 3.10. The first-order chi connectivity index (χ1) is 13.3. The van der Waals surface area contributed by atoms with Gasteiger partial charge in [0.2, 0.25) is 15.9 Å². The highest BCUT2D eigenvalue weighted by Gasteiger charge is 2.23. The molecule has 0 atom stereocenters. The lowest BCUT2D eigenvalue weighted by molar-refractivity contribution is -0.116. The zero-order valence-electron chi connectivity index (χ0n) is 14.5. The van der Waals surface area contributed by atoms with E-state index < -0.39 is 15.9 Å². The highest BCUT2D eigenvalue weighted by molar-refractivity contribution is 7.89. The molecule has 0 bridgehead atoms. The summed E-state index contributed by atoms with van der Waals surface area (Å²) in [7, 11) is -2.49. The molecule has 1 amide bonds. The van der Waals surface area contributed by atoms with Gasteiger partial charge in [-0.15, -0.1) is 11.3 Å². The van der Waals surface area contributed by atoms with Gasteiger partial charge < -0.3 is 5.32 Å². The van der Waals surface area contributed by atoms with Crippen molar-refractivity contribution in [2.45, 2.75) is 4.90 Å². The van der Waals surface area contributed by atoms with Gasteiger partial charge in [-0.1, -0.05) is 23.2 Å². The molecule has 0 aliphatic carbocycles. The number of likely N-dealkylation sites (N-methyl/N-ethyl adjacent to an activating group) is 1. The quantitative estimate of drug-likeness (QED) is 0.609. The second kappa shape index (κ2) is 8.54. The van der Waals surface area contributed by atoms with Gasteiger partial charge in [0.05, 0.1) is 17.3 Å². The van der Waals surface area contributed by atoms with Gasteiger partial charge in [0.1, 0.15) is 4.90 Å². The van der Waals surface area contributed by atoms with Crippen LogP contribution in [0, 0.1) is 0 Å². The Bertz CT molecular complexity index is 1100. The minimum atomic E-state index is -3.81. The number of benzene rings is 1. The largest absolute Gasteiger partial charge is 0.301 e. The van der Waals surface area contributed by atoms with Crippen molar-refractivity contribution >= 4 is 55.6 Å². The SMILES string of the molecule is CN(CC(=O)Nc1nc(-c2ccc(Cl)cc2Cl)cs1)S(=O)(=O)c1cccnc1. The Morgan fingerprint density at radius 1 is 1.29 bits per heavy atom. The lowest BCUT2D eigenvalue weighted by atomic mass is 10.2. The topological polar surface area (TPSA) is 92.3 Å². The predicted octanol–water partition coefficient (Wildman–Crippen LogP) is 3.77. The molecule has 28 heavy (non-hydrogen) atoms. The number of rotatable bonds is 6. The zero-order chi connectivity index (χ0) is 20.3. The lowest BCUT2D eigenvalue weighted by Crippen LogP contribution is -2.35. The third-order valence-electron chi connectivity index (χ3n) is 3.67.